The second-order valence-corrected chi connectivity index (χ2v) is 5.80. The van der Waals surface area contributed by atoms with E-state index in [1.165, 1.54) is 29.2 Å². The average Bonchev–Trinajstić information content (AvgIpc) is 2.91. The summed E-state index contributed by atoms with van der Waals surface area (Å²) >= 11 is 0. The van der Waals surface area contributed by atoms with Gasteiger partial charge in [-0.2, -0.15) is 0 Å². The Balaban J connectivity index is 1.74. The minimum Gasteiger partial charge on any atom is -0.0808 e. The quantitative estimate of drug-likeness (QED) is 0.658. The largest absolute Gasteiger partial charge is 0.0808 e. The molecule has 3 atom stereocenters. The van der Waals surface area contributed by atoms with Crippen LogP contribution in [0.1, 0.15) is 24.3 Å². The van der Waals surface area contributed by atoms with Gasteiger partial charge in [-0.15, -0.1) is 0 Å². The lowest BCUT2D eigenvalue weighted by atomic mass is 9.82. The van der Waals surface area contributed by atoms with Crippen molar-refractivity contribution >= 4 is 10.8 Å². The molecule has 0 amide bonds. The highest BCUT2D eigenvalue weighted by atomic mass is 14.4. The Morgan fingerprint density at radius 2 is 1.63 bits per heavy atom. The molecular weight excluding hydrogens is 228 g/mol. The highest BCUT2D eigenvalue weighted by Crippen LogP contribution is 2.46. The van der Waals surface area contributed by atoms with E-state index < -0.39 is 0 Å². The molecule has 0 heteroatoms. The van der Waals surface area contributed by atoms with Crippen molar-refractivity contribution in [3.63, 3.8) is 0 Å². The van der Waals surface area contributed by atoms with Crippen molar-refractivity contribution in [2.45, 2.75) is 18.8 Å². The maximum absolute atomic E-state index is 2.41. The normalized spacial score (nSPS) is 28.7. The second kappa shape index (κ2) is 4.38. The molecule has 0 radical (unpaired) electrons. The van der Waals surface area contributed by atoms with E-state index in [2.05, 4.69) is 66.8 Å². The summed E-state index contributed by atoms with van der Waals surface area (Å²) in [4.78, 5) is 0. The molecule has 3 unspecified atom stereocenters. The maximum atomic E-state index is 2.41. The van der Waals surface area contributed by atoms with E-state index in [1.807, 2.05) is 0 Å². The molecule has 0 nitrogen and oxygen atoms in total. The van der Waals surface area contributed by atoms with Crippen LogP contribution >= 0.6 is 0 Å². The van der Waals surface area contributed by atoms with Gasteiger partial charge in [-0.3, -0.25) is 0 Å². The number of benzene rings is 2. The smallest absolute Gasteiger partial charge is 0.00928 e. The van der Waals surface area contributed by atoms with Crippen LogP contribution in [0.5, 0.6) is 0 Å². The maximum Gasteiger partial charge on any atom is -0.00928 e. The topological polar surface area (TPSA) is 0 Å². The van der Waals surface area contributed by atoms with E-state index >= 15 is 0 Å². The van der Waals surface area contributed by atoms with Crippen LogP contribution in [0.2, 0.25) is 0 Å². The molecular formula is C19H18. The molecule has 19 heavy (non-hydrogen) atoms. The Morgan fingerprint density at radius 3 is 2.58 bits per heavy atom. The van der Waals surface area contributed by atoms with Crippen LogP contribution in [-0.2, 0) is 0 Å². The summed E-state index contributed by atoms with van der Waals surface area (Å²) in [5, 5.41) is 2.72. The van der Waals surface area contributed by atoms with Crippen LogP contribution in [0, 0.1) is 11.8 Å². The van der Waals surface area contributed by atoms with Crippen LogP contribution in [0.3, 0.4) is 0 Å². The molecule has 0 heterocycles. The van der Waals surface area contributed by atoms with E-state index in [0.717, 1.165) is 5.92 Å². The van der Waals surface area contributed by atoms with Crippen LogP contribution in [0.4, 0.5) is 0 Å². The standard InChI is InChI=1S/C19H18/c1-2-7-16-13-17(10-9-14(16)5-1)19-12-11-15-6-3-4-8-18(15)19/h1-10,13,15,18-19H,11-12H2. The van der Waals surface area contributed by atoms with Gasteiger partial charge in [0.1, 0.15) is 0 Å². The summed E-state index contributed by atoms with van der Waals surface area (Å²) < 4.78 is 0. The van der Waals surface area contributed by atoms with E-state index in [1.54, 1.807) is 0 Å². The molecule has 0 spiro atoms. The highest BCUT2D eigenvalue weighted by Gasteiger charge is 2.34. The SMILES string of the molecule is C1=CC2CCC(c3ccc4ccccc4c3)C2C=C1. The summed E-state index contributed by atoms with van der Waals surface area (Å²) in [6.45, 7) is 0. The molecule has 1 saturated carbocycles. The van der Waals surface area contributed by atoms with Gasteiger partial charge in [0.15, 0.2) is 0 Å². The van der Waals surface area contributed by atoms with Crippen molar-refractivity contribution in [2.75, 3.05) is 0 Å². The lowest BCUT2D eigenvalue weighted by Crippen LogP contribution is -2.11. The molecule has 0 bridgehead atoms. The third-order valence-electron chi connectivity index (χ3n) is 4.77. The third kappa shape index (κ3) is 1.83. The van der Waals surface area contributed by atoms with Crippen LogP contribution in [0.15, 0.2) is 66.8 Å². The van der Waals surface area contributed by atoms with Crippen LogP contribution in [-0.4, -0.2) is 0 Å². The molecule has 4 rings (SSSR count). The van der Waals surface area contributed by atoms with Gasteiger partial charge in [0.05, 0.1) is 0 Å². The van der Waals surface area contributed by atoms with E-state index in [4.69, 9.17) is 0 Å². The lowest BCUT2D eigenvalue weighted by Gasteiger charge is -2.22. The third-order valence-corrected chi connectivity index (χ3v) is 4.77. The molecule has 0 aliphatic heterocycles. The molecule has 94 valence electrons. The summed E-state index contributed by atoms with van der Waals surface area (Å²) in [5.74, 6) is 2.18. The summed E-state index contributed by atoms with van der Waals surface area (Å²) in [5.41, 5.74) is 1.52. The van der Waals surface area contributed by atoms with Crippen molar-refractivity contribution in [1.29, 1.82) is 0 Å². The van der Waals surface area contributed by atoms with Crippen molar-refractivity contribution in [1.82, 2.24) is 0 Å². The van der Waals surface area contributed by atoms with Gasteiger partial charge in [0.2, 0.25) is 0 Å². The summed E-state index contributed by atoms with van der Waals surface area (Å²) in [6, 6.07) is 15.7. The fourth-order valence-corrected chi connectivity index (χ4v) is 3.78. The van der Waals surface area contributed by atoms with Gasteiger partial charge in [-0.05, 0) is 46.9 Å². The van der Waals surface area contributed by atoms with Crippen LogP contribution in [0.25, 0.3) is 10.8 Å². The molecule has 0 saturated heterocycles. The lowest BCUT2D eigenvalue weighted by molar-refractivity contribution is 0.508. The minimum absolute atomic E-state index is 0.704. The Bertz CT molecular complexity index is 663. The van der Waals surface area contributed by atoms with Crippen molar-refractivity contribution in [3.05, 3.63) is 72.3 Å². The van der Waals surface area contributed by atoms with E-state index in [0.29, 0.717) is 11.8 Å². The van der Waals surface area contributed by atoms with Gasteiger partial charge in [-0.1, -0.05) is 66.8 Å². The van der Waals surface area contributed by atoms with Gasteiger partial charge < -0.3 is 0 Å². The molecule has 1 fully saturated rings. The Hall–Kier alpha value is -1.82. The summed E-state index contributed by atoms with van der Waals surface area (Å²) in [7, 11) is 0. The zero-order chi connectivity index (χ0) is 12.7. The molecule has 2 aromatic carbocycles. The van der Waals surface area contributed by atoms with Gasteiger partial charge in [0.25, 0.3) is 0 Å². The molecule has 2 aliphatic rings. The Morgan fingerprint density at radius 1 is 0.789 bits per heavy atom. The number of allylic oxidation sites excluding steroid dienone is 4. The van der Waals surface area contributed by atoms with Crippen molar-refractivity contribution in [2.24, 2.45) is 11.8 Å². The molecule has 2 aliphatic carbocycles. The van der Waals surface area contributed by atoms with E-state index in [-0.39, 0.29) is 0 Å². The average molecular weight is 246 g/mol. The van der Waals surface area contributed by atoms with Crippen molar-refractivity contribution in [3.8, 4) is 0 Å². The molecule has 0 aromatic heterocycles. The highest BCUT2D eigenvalue weighted by molar-refractivity contribution is 5.83. The number of fused-ring (bicyclic) bond motifs is 2. The Kier molecular flexibility index (Phi) is 2.55. The number of hydrogen-bond acceptors (Lipinski definition) is 0. The first kappa shape index (κ1) is 11.0. The number of hydrogen-bond donors (Lipinski definition) is 0. The fourth-order valence-electron chi connectivity index (χ4n) is 3.78. The first-order valence-electron chi connectivity index (χ1n) is 7.25. The molecule has 2 aromatic rings. The predicted molar refractivity (Wildman–Crippen MR) is 81.2 cm³/mol. The van der Waals surface area contributed by atoms with Crippen molar-refractivity contribution < 1.29 is 0 Å². The monoisotopic (exact) mass is 246 g/mol. The predicted octanol–water partition coefficient (Wildman–Crippen LogP) is 5.08. The van der Waals surface area contributed by atoms with Gasteiger partial charge in [-0.25, -0.2) is 0 Å². The second-order valence-electron chi connectivity index (χ2n) is 5.80. The fraction of sp³-hybridized carbons (Fsp3) is 0.263. The zero-order valence-electron chi connectivity index (χ0n) is 11.0. The zero-order valence-corrected chi connectivity index (χ0v) is 11.0. The number of rotatable bonds is 1. The summed E-state index contributed by atoms with van der Waals surface area (Å²) in [6.07, 6.45) is 11.9. The molecule has 0 N–H and O–H groups in total. The first-order valence-corrected chi connectivity index (χ1v) is 7.25. The Labute approximate surface area is 114 Å². The van der Waals surface area contributed by atoms with Gasteiger partial charge >= 0.3 is 0 Å². The van der Waals surface area contributed by atoms with Crippen LogP contribution < -0.4 is 0 Å². The minimum atomic E-state index is 0.704. The van der Waals surface area contributed by atoms with Gasteiger partial charge in [0, 0.05) is 0 Å². The van der Waals surface area contributed by atoms with E-state index in [9.17, 15) is 0 Å². The first-order chi connectivity index (χ1) is 9.42.